The number of carboxylic acid groups (broad SMARTS) is 4. The van der Waals surface area contributed by atoms with Gasteiger partial charge in [-0.05, 0) is 53.9 Å². The third kappa shape index (κ3) is 22.6. The minimum atomic E-state index is -1.93. The second-order valence-electron chi connectivity index (χ2n) is 17.8. The number of nitrogens with two attached hydrogens (primary N) is 1. The zero-order valence-corrected chi connectivity index (χ0v) is 42.8. The summed E-state index contributed by atoms with van der Waals surface area (Å²) in [6.07, 6.45) is -6.23. The average Bonchev–Trinajstić information content (AvgIpc) is 3.85. The maximum Gasteiger partial charge on any atom is 0.326 e. The second-order valence-corrected chi connectivity index (χ2v) is 17.8. The molecule has 1 rings (SSSR count). The summed E-state index contributed by atoms with van der Waals surface area (Å²) in [6, 6.07) is -18.3. The van der Waals surface area contributed by atoms with Gasteiger partial charge in [0, 0.05) is 13.0 Å². The van der Waals surface area contributed by atoms with E-state index in [4.69, 9.17) is 15.9 Å². The van der Waals surface area contributed by atoms with Crippen LogP contribution in [0.15, 0.2) is 0 Å². The fraction of sp³-hybridized carbons (Fsp3) is 0.651. The van der Waals surface area contributed by atoms with Crippen LogP contribution in [0.3, 0.4) is 0 Å². The van der Waals surface area contributed by atoms with Gasteiger partial charge >= 0.3 is 23.9 Å². The first-order valence-electron chi connectivity index (χ1n) is 23.8. The number of amides is 11. The fourth-order valence-corrected chi connectivity index (χ4v) is 6.90. The van der Waals surface area contributed by atoms with Crippen molar-refractivity contribution in [1.29, 1.82) is 0 Å². The monoisotopic (exact) mass is 1120 g/mol. The zero-order valence-electron chi connectivity index (χ0n) is 42.8. The van der Waals surface area contributed by atoms with E-state index >= 15 is 0 Å². The Hall–Kier alpha value is -8.15. The Morgan fingerprint density at radius 1 is 0.500 bits per heavy atom. The van der Waals surface area contributed by atoms with Gasteiger partial charge in [-0.1, -0.05) is 0 Å². The molecule has 0 spiro atoms. The van der Waals surface area contributed by atoms with Crippen LogP contribution in [0.1, 0.15) is 73.1 Å². The lowest BCUT2D eigenvalue weighted by Gasteiger charge is -2.27. The first-order valence-corrected chi connectivity index (χ1v) is 23.8. The molecule has 13 atom stereocenters. The molecule has 0 aliphatic carbocycles. The molecule has 20 N–H and O–H groups in total. The van der Waals surface area contributed by atoms with Crippen LogP contribution in [0.5, 0.6) is 0 Å². The number of carbonyl (C=O) groups is 15. The van der Waals surface area contributed by atoms with Crippen LogP contribution in [-0.4, -0.2) is 240 Å². The van der Waals surface area contributed by atoms with Gasteiger partial charge in [0.25, 0.3) is 0 Å². The van der Waals surface area contributed by atoms with E-state index in [0.717, 1.165) is 39.5 Å². The number of aliphatic carboxylic acids is 4. The van der Waals surface area contributed by atoms with Gasteiger partial charge in [0.2, 0.25) is 65.0 Å². The Kier molecular flexibility index (Phi) is 28.2. The van der Waals surface area contributed by atoms with E-state index in [9.17, 15) is 103 Å². The minimum absolute atomic E-state index is 0.0310. The molecule has 0 aromatic carbocycles. The Labute approximate surface area is 442 Å². The van der Waals surface area contributed by atoms with Gasteiger partial charge < -0.3 is 105 Å². The van der Waals surface area contributed by atoms with Gasteiger partial charge in [0.15, 0.2) is 0 Å². The number of carbonyl (C=O) groups excluding carboxylic acids is 11. The molecule has 0 bridgehead atoms. The van der Waals surface area contributed by atoms with Gasteiger partial charge in [0.05, 0.1) is 50.8 Å². The lowest BCUT2D eigenvalue weighted by Crippen LogP contribution is -2.62. The van der Waals surface area contributed by atoms with Crippen LogP contribution in [0.25, 0.3) is 0 Å². The molecule has 35 nitrogen and oxygen atoms in total. The molecule has 1 aliphatic heterocycles. The zero-order chi connectivity index (χ0) is 59.9. The van der Waals surface area contributed by atoms with Crippen molar-refractivity contribution in [3.05, 3.63) is 0 Å². The van der Waals surface area contributed by atoms with Crippen molar-refractivity contribution in [2.24, 2.45) is 5.73 Å². The molecule has 0 aromatic rings. The second kappa shape index (κ2) is 32.4. The molecule has 0 saturated carbocycles. The third-order valence-corrected chi connectivity index (χ3v) is 11.3. The lowest BCUT2D eigenvalue weighted by molar-refractivity contribution is -0.147. The summed E-state index contributed by atoms with van der Waals surface area (Å²) in [7, 11) is 0. The molecule has 0 unspecified atom stereocenters. The molecule has 1 saturated heterocycles. The normalized spacial score (nSPS) is 17.5. The molecule has 1 fully saturated rings. The lowest BCUT2D eigenvalue weighted by atomic mass is 10.1. The molecule has 78 heavy (non-hydrogen) atoms. The first-order chi connectivity index (χ1) is 36.3. The highest BCUT2D eigenvalue weighted by molar-refractivity contribution is 5.99. The van der Waals surface area contributed by atoms with Gasteiger partial charge in [-0.25, -0.2) is 4.79 Å². The summed E-state index contributed by atoms with van der Waals surface area (Å²) < 4.78 is 0. The number of hydrogen-bond donors (Lipinski definition) is 19. The molecule has 0 aromatic heterocycles. The maximum absolute atomic E-state index is 13.4. The Bertz CT molecular complexity index is 2250. The topological polar surface area (TPSA) is 567 Å². The van der Waals surface area contributed by atoms with Gasteiger partial charge in [0.1, 0.15) is 60.4 Å². The largest absolute Gasteiger partial charge is 0.481 e. The van der Waals surface area contributed by atoms with Crippen molar-refractivity contribution in [3.8, 4) is 0 Å². The van der Waals surface area contributed by atoms with Crippen molar-refractivity contribution >= 4 is 88.9 Å². The maximum atomic E-state index is 13.4. The fourth-order valence-electron chi connectivity index (χ4n) is 6.90. The molecule has 1 aliphatic rings. The summed E-state index contributed by atoms with van der Waals surface area (Å²) in [5, 5.41) is 97.8. The molecule has 1 heterocycles. The van der Waals surface area contributed by atoms with Crippen LogP contribution >= 0.6 is 0 Å². The van der Waals surface area contributed by atoms with E-state index in [1.165, 1.54) is 0 Å². The van der Waals surface area contributed by atoms with Gasteiger partial charge in [-0.2, -0.15) is 0 Å². The molecule has 11 amide bonds. The molecular weight excluding hydrogens is 1050 g/mol. The summed E-state index contributed by atoms with van der Waals surface area (Å²) in [5.74, 6) is -18.4. The molecular formula is C43H68N12O23. The third-order valence-electron chi connectivity index (χ3n) is 11.3. The van der Waals surface area contributed by atoms with E-state index in [1.807, 2.05) is 10.6 Å². The summed E-state index contributed by atoms with van der Waals surface area (Å²) in [6.45, 7) is 2.42. The Morgan fingerprint density at radius 3 is 1.38 bits per heavy atom. The standard InChI is InChI=1S/C43H68N12O23/c1-16(48-37(71)22(8-9-28(61)62)49-38(72)25(15-57)52-42(76)32(20(5)59)54-35(69)18(3)47-36(70)21(44)11-29(63)64)33(67)46-17(2)34(68)53-31(19(4)58)41(75)45-13-27(60)55-10-6-7-26(55)40(74)51-24(14-56)39(73)50-23(43(77)78)12-30(65)66/h16-26,31-32,56-59H,6-15,44H2,1-5H3,(H,45,75)(H,46,67)(H,47,70)(H,48,71)(H,49,72)(H,50,73)(H,51,74)(H,52,76)(H,53,68)(H,54,69)(H,61,62)(H,63,64)(H,65,66)(H,77,78)/t16-,17-,18-,19+,20+,21-,22-,23-,24-,25-,26-,31-,32-/m0/s1. The number of nitrogens with one attached hydrogen (secondary N) is 10. The van der Waals surface area contributed by atoms with Crippen molar-refractivity contribution in [1.82, 2.24) is 58.1 Å². The van der Waals surface area contributed by atoms with Gasteiger partial charge in [-0.15, -0.1) is 0 Å². The Morgan fingerprint density at radius 2 is 0.923 bits per heavy atom. The summed E-state index contributed by atoms with van der Waals surface area (Å²) in [4.78, 5) is 189. The summed E-state index contributed by atoms with van der Waals surface area (Å²) >= 11 is 0. The predicted octanol–water partition coefficient (Wildman–Crippen LogP) is -10.5. The molecule has 35 heteroatoms. The van der Waals surface area contributed by atoms with Crippen LogP contribution < -0.4 is 58.9 Å². The Balaban J connectivity index is 2.96. The van der Waals surface area contributed by atoms with E-state index in [0.29, 0.717) is 0 Å². The van der Waals surface area contributed by atoms with Crippen LogP contribution in [-0.2, 0) is 71.9 Å². The number of rotatable bonds is 33. The summed E-state index contributed by atoms with van der Waals surface area (Å²) in [5.41, 5.74) is 5.47. The minimum Gasteiger partial charge on any atom is -0.481 e. The number of nitrogens with zero attached hydrogens (tertiary/aromatic N) is 1. The van der Waals surface area contributed by atoms with Crippen molar-refractivity contribution in [2.75, 3.05) is 26.3 Å². The van der Waals surface area contributed by atoms with E-state index < -0.39 is 213 Å². The number of carboxylic acids is 4. The van der Waals surface area contributed by atoms with E-state index in [1.54, 1.807) is 0 Å². The molecule has 0 radical (unpaired) electrons. The highest BCUT2D eigenvalue weighted by Crippen LogP contribution is 2.18. The van der Waals surface area contributed by atoms with Crippen LogP contribution in [0, 0.1) is 0 Å². The highest BCUT2D eigenvalue weighted by atomic mass is 16.4. The smallest absolute Gasteiger partial charge is 0.326 e. The van der Waals surface area contributed by atoms with Crippen LogP contribution in [0.2, 0.25) is 0 Å². The predicted molar refractivity (Wildman–Crippen MR) is 257 cm³/mol. The quantitative estimate of drug-likeness (QED) is 0.0290. The number of aliphatic hydroxyl groups excluding tert-OH is 4. The number of likely N-dealkylation sites (tertiary alicyclic amines) is 1. The average molecular weight is 1120 g/mol. The van der Waals surface area contributed by atoms with Crippen LogP contribution in [0.4, 0.5) is 0 Å². The highest BCUT2D eigenvalue weighted by Gasteiger charge is 2.38. The number of aliphatic hydroxyl groups is 4. The van der Waals surface area contributed by atoms with Crippen molar-refractivity contribution in [2.45, 2.75) is 152 Å². The van der Waals surface area contributed by atoms with Crippen molar-refractivity contribution in [3.63, 3.8) is 0 Å². The van der Waals surface area contributed by atoms with E-state index in [-0.39, 0.29) is 19.4 Å². The van der Waals surface area contributed by atoms with Crippen molar-refractivity contribution < 1.29 is 113 Å². The van der Waals surface area contributed by atoms with Gasteiger partial charge in [-0.3, -0.25) is 67.1 Å². The SMILES string of the molecule is C[C@H](NC(=O)[C@H](C)NC(=O)[C@H](CCC(=O)O)NC(=O)[C@H](CO)NC(=O)[C@@H](NC(=O)[C@H](C)NC(=O)[C@@H](N)CC(=O)O)[C@@H](C)O)C(=O)N[C@H](C(=O)NCC(=O)N1CCC[C@H]1C(=O)N[C@@H](CO)C(=O)N[C@@H](CC(=O)O)C(=O)O)[C@@H](C)O. The number of hydrogen-bond acceptors (Lipinski definition) is 20. The first kappa shape index (κ1) is 67.9. The van der Waals surface area contributed by atoms with E-state index in [2.05, 4.69) is 42.5 Å². The molecule has 438 valence electrons.